The van der Waals surface area contributed by atoms with E-state index in [2.05, 4.69) is 50.4 Å². The van der Waals surface area contributed by atoms with Crippen LogP contribution in [0.25, 0.3) is 0 Å². The van der Waals surface area contributed by atoms with E-state index in [0.29, 0.717) is 0 Å². The molecule has 0 atom stereocenters. The van der Waals surface area contributed by atoms with Crippen LogP contribution in [0.15, 0.2) is 65.4 Å². The SMILES string of the molecule is Fc1cccc(N2CCN(CC3=CN(Cc4ccccc4)N=CC3)CC2)n1. The van der Waals surface area contributed by atoms with Crippen LogP contribution in [0, 0.1) is 5.95 Å². The van der Waals surface area contributed by atoms with Gasteiger partial charge >= 0.3 is 0 Å². The maximum absolute atomic E-state index is 13.3. The van der Waals surface area contributed by atoms with Gasteiger partial charge in [0.1, 0.15) is 5.82 Å². The second kappa shape index (κ2) is 8.31. The summed E-state index contributed by atoms with van der Waals surface area (Å²) in [6.45, 7) is 5.37. The van der Waals surface area contributed by atoms with E-state index >= 15 is 0 Å². The summed E-state index contributed by atoms with van der Waals surface area (Å²) in [6.07, 6.45) is 5.07. The van der Waals surface area contributed by atoms with Crippen LogP contribution in [0.5, 0.6) is 0 Å². The largest absolute Gasteiger partial charge is 0.354 e. The van der Waals surface area contributed by atoms with Gasteiger partial charge in [0.05, 0.1) is 6.54 Å². The Morgan fingerprint density at radius 3 is 2.48 bits per heavy atom. The van der Waals surface area contributed by atoms with Crippen molar-refractivity contribution in [1.82, 2.24) is 14.9 Å². The highest BCUT2D eigenvalue weighted by atomic mass is 19.1. The first-order valence-electron chi connectivity index (χ1n) is 9.39. The molecule has 0 aliphatic carbocycles. The van der Waals surface area contributed by atoms with E-state index < -0.39 is 5.95 Å². The fraction of sp³-hybridized carbons (Fsp3) is 0.333. The van der Waals surface area contributed by atoms with E-state index in [-0.39, 0.29) is 0 Å². The molecule has 0 unspecified atom stereocenters. The number of rotatable bonds is 5. The third kappa shape index (κ3) is 4.71. The van der Waals surface area contributed by atoms with Crippen LogP contribution < -0.4 is 4.90 Å². The Bertz CT molecular complexity index is 812. The molecule has 3 heterocycles. The van der Waals surface area contributed by atoms with Crippen molar-refractivity contribution in [3.63, 3.8) is 0 Å². The van der Waals surface area contributed by atoms with E-state index in [1.807, 2.05) is 23.4 Å². The third-order valence-electron chi connectivity index (χ3n) is 4.93. The summed E-state index contributed by atoms with van der Waals surface area (Å²) in [5.41, 5.74) is 2.63. The predicted octanol–water partition coefficient (Wildman–Crippen LogP) is 3.12. The van der Waals surface area contributed by atoms with Gasteiger partial charge in [-0.2, -0.15) is 9.49 Å². The number of hydrazone groups is 1. The molecule has 2 aliphatic rings. The fourth-order valence-corrected chi connectivity index (χ4v) is 3.52. The van der Waals surface area contributed by atoms with Crippen molar-refractivity contribution in [3.8, 4) is 0 Å². The lowest BCUT2D eigenvalue weighted by Gasteiger charge is -2.36. The Morgan fingerprint density at radius 1 is 0.889 bits per heavy atom. The summed E-state index contributed by atoms with van der Waals surface area (Å²) in [6, 6.07) is 15.4. The molecule has 0 N–H and O–H groups in total. The molecule has 0 radical (unpaired) electrons. The van der Waals surface area contributed by atoms with Crippen LogP contribution in [-0.4, -0.2) is 53.8 Å². The van der Waals surface area contributed by atoms with E-state index in [9.17, 15) is 4.39 Å². The zero-order valence-corrected chi connectivity index (χ0v) is 15.3. The summed E-state index contributed by atoms with van der Waals surface area (Å²) in [7, 11) is 0. The number of piperazine rings is 1. The average Bonchev–Trinajstić information content (AvgIpc) is 2.70. The highest BCUT2D eigenvalue weighted by Gasteiger charge is 2.19. The Balaban J connectivity index is 1.31. The minimum absolute atomic E-state index is 0.417. The maximum atomic E-state index is 13.3. The van der Waals surface area contributed by atoms with Crippen LogP contribution in [0.3, 0.4) is 0 Å². The highest BCUT2D eigenvalue weighted by molar-refractivity contribution is 5.62. The third-order valence-corrected chi connectivity index (χ3v) is 4.93. The van der Waals surface area contributed by atoms with Crippen LogP contribution in [0.1, 0.15) is 12.0 Å². The summed E-state index contributed by atoms with van der Waals surface area (Å²) in [5, 5.41) is 6.50. The standard InChI is InChI=1S/C21H24FN5/c22-20-7-4-8-21(24-20)26-13-11-25(12-14-26)15-19-9-10-23-27(17-19)16-18-5-2-1-3-6-18/h1-8,10,17H,9,11-16H2. The van der Waals surface area contributed by atoms with Crippen LogP contribution in [0.4, 0.5) is 10.2 Å². The molecule has 0 spiro atoms. The first kappa shape index (κ1) is 17.7. The maximum Gasteiger partial charge on any atom is 0.214 e. The van der Waals surface area contributed by atoms with Crippen molar-refractivity contribution in [2.75, 3.05) is 37.6 Å². The van der Waals surface area contributed by atoms with Gasteiger partial charge in [0.25, 0.3) is 0 Å². The number of aromatic nitrogens is 1. The van der Waals surface area contributed by atoms with E-state index in [1.165, 1.54) is 17.2 Å². The fourth-order valence-electron chi connectivity index (χ4n) is 3.52. The molecular formula is C21H24FN5. The molecule has 4 rings (SSSR count). The van der Waals surface area contributed by atoms with Gasteiger partial charge < -0.3 is 4.90 Å². The van der Waals surface area contributed by atoms with E-state index in [1.54, 1.807) is 6.07 Å². The summed E-state index contributed by atoms with van der Waals surface area (Å²) in [5.74, 6) is 0.313. The lowest BCUT2D eigenvalue weighted by Crippen LogP contribution is -2.47. The van der Waals surface area contributed by atoms with E-state index in [4.69, 9.17) is 0 Å². The number of benzene rings is 1. The van der Waals surface area contributed by atoms with Gasteiger partial charge in [-0.3, -0.25) is 9.91 Å². The molecule has 2 aliphatic heterocycles. The number of anilines is 1. The summed E-state index contributed by atoms with van der Waals surface area (Å²) in [4.78, 5) is 8.59. The molecule has 0 amide bonds. The van der Waals surface area contributed by atoms with Gasteiger partial charge in [-0.05, 0) is 23.3 Å². The van der Waals surface area contributed by atoms with Crippen molar-refractivity contribution >= 4 is 12.0 Å². The summed E-state index contributed by atoms with van der Waals surface area (Å²) >= 11 is 0. The Hall–Kier alpha value is -2.73. The molecule has 0 bridgehead atoms. The minimum Gasteiger partial charge on any atom is -0.354 e. The Labute approximate surface area is 159 Å². The van der Waals surface area contributed by atoms with Crippen molar-refractivity contribution in [2.45, 2.75) is 13.0 Å². The van der Waals surface area contributed by atoms with E-state index in [0.717, 1.165) is 51.5 Å². The monoisotopic (exact) mass is 365 g/mol. The van der Waals surface area contributed by atoms with Gasteiger partial charge in [-0.25, -0.2) is 4.98 Å². The topological polar surface area (TPSA) is 35.0 Å². The van der Waals surface area contributed by atoms with Crippen molar-refractivity contribution in [3.05, 3.63) is 71.8 Å². The molecule has 1 saturated heterocycles. The molecule has 2 aromatic rings. The van der Waals surface area contributed by atoms with Crippen molar-refractivity contribution in [2.24, 2.45) is 5.10 Å². The van der Waals surface area contributed by atoms with Gasteiger partial charge in [-0.1, -0.05) is 36.4 Å². The molecule has 1 fully saturated rings. The molecule has 0 saturated carbocycles. The van der Waals surface area contributed by atoms with Gasteiger partial charge in [0.2, 0.25) is 5.95 Å². The summed E-state index contributed by atoms with van der Waals surface area (Å²) < 4.78 is 13.3. The highest BCUT2D eigenvalue weighted by Crippen LogP contribution is 2.17. The molecule has 6 heteroatoms. The number of nitrogens with zero attached hydrogens (tertiary/aromatic N) is 5. The lowest BCUT2D eigenvalue weighted by molar-refractivity contribution is 0.272. The number of pyridine rings is 1. The molecule has 27 heavy (non-hydrogen) atoms. The lowest BCUT2D eigenvalue weighted by atomic mass is 10.1. The van der Waals surface area contributed by atoms with Gasteiger partial charge in [0.15, 0.2) is 0 Å². The second-order valence-corrected chi connectivity index (χ2v) is 6.95. The Morgan fingerprint density at radius 2 is 1.70 bits per heavy atom. The normalized spacial score (nSPS) is 17.9. The quantitative estimate of drug-likeness (QED) is 0.763. The zero-order chi connectivity index (χ0) is 18.5. The molecule has 1 aromatic carbocycles. The number of hydrogen-bond acceptors (Lipinski definition) is 5. The molecule has 5 nitrogen and oxygen atoms in total. The van der Waals surface area contributed by atoms with Crippen LogP contribution in [-0.2, 0) is 6.54 Å². The Kier molecular flexibility index (Phi) is 5.44. The van der Waals surface area contributed by atoms with Gasteiger partial charge in [0, 0.05) is 51.6 Å². The molecule has 1 aromatic heterocycles. The zero-order valence-electron chi connectivity index (χ0n) is 15.3. The number of hydrogen-bond donors (Lipinski definition) is 0. The first-order chi connectivity index (χ1) is 13.3. The minimum atomic E-state index is -0.417. The smallest absolute Gasteiger partial charge is 0.214 e. The van der Waals surface area contributed by atoms with Crippen LogP contribution in [0.2, 0.25) is 0 Å². The van der Waals surface area contributed by atoms with Gasteiger partial charge in [-0.15, -0.1) is 0 Å². The average molecular weight is 365 g/mol. The predicted molar refractivity (Wildman–Crippen MR) is 106 cm³/mol. The second-order valence-electron chi connectivity index (χ2n) is 6.95. The number of halogens is 1. The van der Waals surface area contributed by atoms with Crippen LogP contribution >= 0.6 is 0 Å². The molecular weight excluding hydrogens is 341 g/mol. The first-order valence-corrected chi connectivity index (χ1v) is 9.39. The van der Waals surface area contributed by atoms with Crippen molar-refractivity contribution in [1.29, 1.82) is 0 Å². The van der Waals surface area contributed by atoms with Crippen molar-refractivity contribution < 1.29 is 4.39 Å². The molecule has 140 valence electrons.